The molecule has 0 aromatic heterocycles. The van der Waals surface area contributed by atoms with Crippen LogP contribution in [0.15, 0.2) is 48.5 Å². The summed E-state index contributed by atoms with van der Waals surface area (Å²) >= 11 is 0. The summed E-state index contributed by atoms with van der Waals surface area (Å²) in [5, 5.41) is 15.9. The third kappa shape index (κ3) is 5.20. The Morgan fingerprint density at radius 3 is 2.61 bits per heavy atom. The van der Waals surface area contributed by atoms with Crippen LogP contribution in [-0.2, 0) is 20.9 Å². The second-order valence-corrected chi connectivity index (χ2v) is 9.32. The number of aliphatic hydroxyl groups is 1. The molecule has 5 rings (SSSR count). The summed E-state index contributed by atoms with van der Waals surface area (Å²) in [6.07, 6.45) is 2.56. The van der Waals surface area contributed by atoms with Crippen molar-refractivity contribution in [3.05, 3.63) is 59.7 Å². The highest BCUT2D eigenvalue weighted by Gasteiger charge is 2.46. The van der Waals surface area contributed by atoms with E-state index in [0.717, 1.165) is 35.4 Å². The summed E-state index contributed by atoms with van der Waals surface area (Å²) in [6.45, 7) is 0.292. The van der Waals surface area contributed by atoms with Crippen molar-refractivity contribution in [2.45, 2.75) is 62.9 Å². The van der Waals surface area contributed by atoms with Gasteiger partial charge in [-0.2, -0.15) is 0 Å². The fourth-order valence-electron chi connectivity index (χ4n) is 4.84. The van der Waals surface area contributed by atoms with Crippen molar-refractivity contribution < 1.29 is 24.2 Å². The number of anilines is 1. The highest BCUT2D eigenvalue weighted by Crippen LogP contribution is 2.47. The zero-order chi connectivity index (χ0) is 22.8. The second-order valence-electron chi connectivity index (χ2n) is 9.32. The molecule has 4 atom stereocenters. The van der Waals surface area contributed by atoms with Crippen LogP contribution in [0.2, 0.25) is 0 Å². The molecule has 0 radical (unpaired) electrons. The fraction of sp³-hybridized carbons (Fsp3) is 0.462. The first-order valence-corrected chi connectivity index (χ1v) is 11.8. The van der Waals surface area contributed by atoms with Crippen LogP contribution in [0.3, 0.4) is 0 Å². The standard InChI is InChI=1S/C26H30N2O5/c29-15-23-26-21(12-19(32-23)13-24(30)27-14-17-4-2-1-3-5-17)20-11-18(8-9-22(20)33-26)28-25(31)10-16-6-7-16/h1-5,8-9,11,16,19,21,23,26,29H,6-7,10,12-15H2,(H,27,30)(H,28,31)/t19-,21+,23+,26-/m1/s1. The quantitative estimate of drug-likeness (QED) is 0.574. The van der Waals surface area contributed by atoms with Crippen molar-refractivity contribution in [1.82, 2.24) is 5.32 Å². The highest BCUT2D eigenvalue weighted by atomic mass is 16.6. The minimum absolute atomic E-state index is 0.00175. The van der Waals surface area contributed by atoms with Crippen LogP contribution in [-0.4, -0.2) is 41.8 Å². The third-order valence-electron chi connectivity index (χ3n) is 6.70. The molecule has 2 fully saturated rings. The number of benzene rings is 2. The average molecular weight is 451 g/mol. The molecule has 2 aromatic rings. The van der Waals surface area contributed by atoms with Gasteiger partial charge in [0, 0.05) is 30.1 Å². The Kier molecular flexibility index (Phi) is 6.33. The lowest BCUT2D eigenvalue weighted by Crippen LogP contribution is -2.47. The van der Waals surface area contributed by atoms with Gasteiger partial charge in [-0.05, 0) is 48.9 Å². The summed E-state index contributed by atoms with van der Waals surface area (Å²) in [4.78, 5) is 24.8. The minimum Gasteiger partial charge on any atom is -0.487 e. The van der Waals surface area contributed by atoms with Gasteiger partial charge in [0.05, 0.1) is 19.1 Å². The maximum absolute atomic E-state index is 12.6. The Labute approximate surface area is 193 Å². The predicted molar refractivity (Wildman–Crippen MR) is 123 cm³/mol. The third-order valence-corrected chi connectivity index (χ3v) is 6.70. The average Bonchev–Trinajstić information content (AvgIpc) is 3.56. The maximum atomic E-state index is 12.6. The van der Waals surface area contributed by atoms with E-state index in [4.69, 9.17) is 9.47 Å². The molecule has 0 unspecified atom stereocenters. The van der Waals surface area contributed by atoms with Crippen LogP contribution in [0.5, 0.6) is 5.75 Å². The van der Waals surface area contributed by atoms with Crippen LogP contribution in [0, 0.1) is 5.92 Å². The van der Waals surface area contributed by atoms with E-state index in [1.54, 1.807) is 0 Å². The molecule has 2 aromatic carbocycles. The first kappa shape index (κ1) is 21.9. The van der Waals surface area contributed by atoms with E-state index in [1.165, 1.54) is 0 Å². The number of carbonyl (C=O) groups excluding carboxylic acids is 2. The Balaban J connectivity index is 1.24. The van der Waals surface area contributed by atoms with Gasteiger partial charge in [0.1, 0.15) is 18.0 Å². The van der Waals surface area contributed by atoms with Crippen LogP contribution in [0.1, 0.15) is 49.1 Å². The topological polar surface area (TPSA) is 96.9 Å². The molecule has 3 N–H and O–H groups in total. The van der Waals surface area contributed by atoms with Crippen molar-refractivity contribution >= 4 is 17.5 Å². The minimum atomic E-state index is -0.504. The molecule has 174 valence electrons. The van der Waals surface area contributed by atoms with E-state index in [-0.39, 0.29) is 43.0 Å². The lowest BCUT2D eigenvalue weighted by Gasteiger charge is -2.37. The molecule has 7 heteroatoms. The summed E-state index contributed by atoms with van der Waals surface area (Å²) in [5.41, 5.74) is 2.80. The van der Waals surface area contributed by atoms with Crippen molar-refractivity contribution in [3.8, 4) is 5.75 Å². The van der Waals surface area contributed by atoms with E-state index >= 15 is 0 Å². The molecule has 2 aliphatic heterocycles. The van der Waals surface area contributed by atoms with E-state index in [1.807, 2.05) is 48.5 Å². The van der Waals surface area contributed by atoms with Gasteiger partial charge in [-0.1, -0.05) is 30.3 Å². The Morgan fingerprint density at radius 1 is 1.03 bits per heavy atom. The zero-order valence-corrected chi connectivity index (χ0v) is 18.5. The van der Waals surface area contributed by atoms with Gasteiger partial charge < -0.3 is 25.2 Å². The number of nitrogens with one attached hydrogen (secondary N) is 2. The summed E-state index contributed by atoms with van der Waals surface area (Å²) < 4.78 is 12.2. The number of aliphatic hydroxyl groups excluding tert-OH is 1. The molecule has 2 heterocycles. The molecule has 0 bridgehead atoms. The van der Waals surface area contributed by atoms with Crippen LogP contribution in [0.25, 0.3) is 0 Å². The molecule has 0 spiro atoms. The van der Waals surface area contributed by atoms with Crippen molar-refractivity contribution in [2.75, 3.05) is 11.9 Å². The van der Waals surface area contributed by atoms with Crippen LogP contribution < -0.4 is 15.4 Å². The molecule has 7 nitrogen and oxygen atoms in total. The molecule has 1 aliphatic carbocycles. The van der Waals surface area contributed by atoms with Gasteiger partial charge in [0.2, 0.25) is 11.8 Å². The lowest BCUT2D eigenvalue weighted by atomic mass is 9.84. The number of rotatable bonds is 8. The van der Waals surface area contributed by atoms with E-state index in [9.17, 15) is 14.7 Å². The number of carbonyl (C=O) groups is 2. The van der Waals surface area contributed by atoms with E-state index in [2.05, 4.69) is 10.6 Å². The first-order chi connectivity index (χ1) is 16.1. The van der Waals surface area contributed by atoms with E-state index < -0.39 is 6.10 Å². The van der Waals surface area contributed by atoms with Gasteiger partial charge >= 0.3 is 0 Å². The predicted octanol–water partition coefficient (Wildman–Crippen LogP) is 3.13. The summed E-state index contributed by atoms with van der Waals surface area (Å²) in [7, 11) is 0. The van der Waals surface area contributed by atoms with Gasteiger partial charge in [0.25, 0.3) is 0 Å². The van der Waals surface area contributed by atoms with Crippen LogP contribution >= 0.6 is 0 Å². The van der Waals surface area contributed by atoms with Crippen molar-refractivity contribution in [1.29, 1.82) is 0 Å². The highest BCUT2D eigenvalue weighted by molar-refractivity contribution is 5.91. The number of hydrogen-bond acceptors (Lipinski definition) is 5. The SMILES string of the molecule is O=C(C[C@H]1C[C@H]2c3cc(NC(=O)CC4CC4)ccc3O[C@H]2[C@H](CO)O1)NCc1ccccc1. The first-order valence-electron chi connectivity index (χ1n) is 11.8. The molecule has 3 aliphatic rings. The second kappa shape index (κ2) is 9.53. The molecule has 1 saturated heterocycles. The van der Waals surface area contributed by atoms with Crippen molar-refractivity contribution in [3.63, 3.8) is 0 Å². The number of amides is 2. The Bertz CT molecular complexity index is 1010. The number of fused-ring (bicyclic) bond motifs is 3. The number of hydrogen-bond donors (Lipinski definition) is 3. The summed E-state index contributed by atoms with van der Waals surface area (Å²) in [6, 6.07) is 15.5. The Hall–Kier alpha value is -2.90. The number of ether oxygens (including phenoxy) is 2. The smallest absolute Gasteiger partial charge is 0.224 e. The Morgan fingerprint density at radius 2 is 1.85 bits per heavy atom. The monoisotopic (exact) mass is 450 g/mol. The molecule has 33 heavy (non-hydrogen) atoms. The normalized spacial score (nSPS) is 25.5. The van der Waals surface area contributed by atoms with Gasteiger partial charge in [0.15, 0.2) is 0 Å². The molecular formula is C26H30N2O5. The van der Waals surface area contributed by atoms with Crippen molar-refractivity contribution in [2.24, 2.45) is 5.92 Å². The zero-order valence-electron chi connectivity index (χ0n) is 18.5. The molecule has 1 saturated carbocycles. The van der Waals surface area contributed by atoms with Gasteiger partial charge in [-0.25, -0.2) is 0 Å². The largest absolute Gasteiger partial charge is 0.487 e. The maximum Gasteiger partial charge on any atom is 0.224 e. The fourth-order valence-corrected chi connectivity index (χ4v) is 4.84. The summed E-state index contributed by atoms with van der Waals surface area (Å²) in [5.74, 6) is 1.24. The van der Waals surface area contributed by atoms with E-state index in [0.29, 0.717) is 25.3 Å². The molecular weight excluding hydrogens is 420 g/mol. The molecule has 2 amide bonds. The van der Waals surface area contributed by atoms with Gasteiger partial charge in [-0.15, -0.1) is 0 Å². The van der Waals surface area contributed by atoms with Crippen LogP contribution in [0.4, 0.5) is 5.69 Å². The lowest BCUT2D eigenvalue weighted by molar-refractivity contribution is -0.142. The van der Waals surface area contributed by atoms with Gasteiger partial charge in [-0.3, -0.25) is 9.59 Å².